The molecule has 1 aliphatic carbocycles. The minimum atomic E-state index is -1.63. The number of anilines is 1. The third-order valence-corrected chi connectivity index (χ3v) is 6.48. The van der Waals surface area contributed by atoms with Crippen LogP contribution in [0.4, 0.5) is 10.1 Å². The molecule has 0 aliphatic heterocycles. The van der Waals surface area contributed by atoms with Crippen LogP contribution in [0.5, 0.6) is 0 Å². The predicted molar refractivity (Wildman–Crippen MR) is 131 cm³/mol. The second-order valence-corrected chi connectivity index (χ2v) is 9.57. The molecule has 36 heavy (non-hydrogen) atoms. The molecule has 1 atom stereocenters. The molecule has 0 unspecified atom stereocenters. The van der Waals surface area contributed by atoms with Crippen molar-refractivity contribution in [3.8, 4) is 17.5 Å². The Bertz CT molecular complexity index is 1270. The molecule has 3 aromatic rings. The normalized spacial score (nSPS) is 19.0. The van der Waals surface area contributed by atoms with Crippen molar-refractivity contribution in [2.24, 2.45) is 0 Å². The number of hydrogen-bond donors (Lipinski definition) is 3. The summed E-state index contributed by atoms with van der Waals surface area (Å²) in [7, 11) is 1.71. The molecule has 190 valence electrons. The lowest BCUT2D eigenvalue weighted by Gasteiger charge is -2.29. The van der Waals surface area contributed by atoms with Crippen molar-refractivity contribution in [2.45, 2.75) is 63.4 Å². The highest BCUT2D eigenvalue weighted by Crippen LogP contribution is 2.28. The first-order valence-corrected chi connectivity index (χ1v) is 11.9. The number of nitrogens with zero attached hydrogens (tertiary/aromatic N) is 5. The number of nitriles is 1. The number of carbonyl (C=O) groups excluding carboxylic acids is 1. The number of aromatic nitrogens is 4. The number of pyridine rings is 1. The first kappa shape index (κ1) is 25.5. The van der Waals surface area contributed by atoms with Crippen LogP contribution in [0.1, 0.15) is 55.5 Å². The molecule has 1 amide bonds. The summed E-state index contributed by atoms with van der Waals surface area (Å²) >= 11 is 0. The summed E-state index contributed by atoms with van der Waals surface area (Å²) in [5.41, 5.74) is 1.27. The molecular formula is C25H30FN7O3. The second-order valence-electron chi connectivity index (χ2n) is 9.57. The predicted octanol–water partition coefficient (Wildman–Crippen LogP) is 2.87. The summed E-state index contributed by atoms with van der Waals surface area (Å²) in [4.78, 5) is 21.8. The molecule has 0 bridgehead atoms. The zero-order valence-corrected chi connectivity index (χ0v) is 20.5. The molecule has 0 spiro atoms. The zero-order chi connectivity index (χ0) is 25.9. The molecule has 0 radical (unpaired) electrons. The maximum Gasteiger partial charge on any atom is 0.255 e. The van der Waals surface area contributed by atoms with Crippen LogP contribution in [0.25, 0.3) is 17.0 Å². The fourth-order valence-corrected chi connectivity index (χ4v) is 4.20. The van der Waals surface area contributed by atoms with Gasteiger partial charge in [-0.15, -0.1) is 0 Å². The van der Waals surface area contributed by atoms with Gasteiger partial charge in [-0.25, -0.2) is 13.9 Å². The summed E-state index contributed by atoms with van der Waals surface area (Å²) in [6.45, 7) is 2.38. The standard InChI is InChI=1S/C25H30FN7O3/c1-25(2,35)22(26)14-30-24(34)18-12-28-20(9-19(18)32-16-4-6-17(36-3)7-5-16)21-13-29-23-8-15(10-27)11-31-33(21)23/h8-9,11-13,16-17,22,35H,4-7,14H2,1-3H3,(H,28,32)(H,30,34)/t16-,17-,22-/m1/s1. The number of amides is 1. The Morgan fingerprint density at radius 2 is 2.03 bits per heavy atom. The molecular weight excluding hydrogens is 465 g/mol. The van der Waals surface area contributed by atoms with E-state index in [1.54, 1.807) is 30.0 Å². The summed E-state index contributed by atoms with van der Waals surface area (Å²) in [6.07, 6.45) is 6.64. The van der Waals surface area contributed by atoms with Gasteiger partial charge in [-0.05, 0) is 45.6 Å². The van der Waals surface area contributed by atoms with Crippen LogP contribution >= 0.6 is 0 Å². The molecule has 10 nitrogen and oxygen atoms in total. The Morgan fingerprint density at radius 3 is 2.69 bits per heavy atom. The van der Waals surface area contributed by atoms with Crippen LogP contribution in [0.2, 0.25) is 0 Å². The number of nitrogens with one attached hydrogen (secondary N) is 2. The highest BCUT2D eigenvalue weighted by Gasteiger charge is 2.28. The van der Waals surface area contributed by atoms with Crippen molar-refractivity contribution >= 4 is 17.2 Å². The number of rotatable bonds is 8. The Hall–Kier alpha value is -3.62. The van der Waals surface area contributed by atoms with Crippen LogP contribution in [-0.2, 0) is 4.74 Å². The van der Waals surface area contributed by atoms with E-state index in [9.17, 15) is 14.3 Å². The molecule has 1 saturated carbocycles. The number of hydrogen-bond acceptors (Lipinski definition) is 8. The van der Waals surface area contributed by atoms with E-state index >= 15 is 0 Å². The van der Waals surface area contributed by atoms with Crippen molar-refractivity contribution in [3.63, 3.8) is 0 Å². The summed E-state index contributed by atoms with van der Waals surface area (Å²) in [6, 6.07) is 5.55. The average Bonchev–Trinajstić information content (AvgIpc) is 3.30. The van der Waals surface area contributed by atoms with E-state index in [-0.39, 0.29) is 24.3 Å². The van der Waals surface area contributed by atoms with Gasteiger partial charge >= 0.3 is 0 Å². The van der Waals surface area contributed by atoms with Crippen molar-refractivity contribution in [1.29, 1.82) is 5.26 Å². The summed E-state index contributed by atoms with van der Waals surface area (Å²) < 4.78 is 21.3. The third kappa shape index (κ3) is 5.61. The molecule has 0 aromatic carbocycles. The number of ether oxygens (including phenoxy) is 1. The first-order valence-electron chi connectivity index (χ1n) is 11.9. The van der Waals surface area contributed by atoms with Crippen LogP contribution in [0.3, 0.4) is 0 Å². The maximum absolute atomic E-state index is 14.2. The molecule has 11 heteroatoms. The largest absolute Gasteiger partial charge is 0.387 e. The number of halogens is 1. The third-order valence-electron chi connectivity index (χ3n) is 6.48. The van der Waals surface area contributed by atoms with Gasteiger partial charge in [-0.3, -0.25) is 9.78 Å². The second kappa shape index (κ2) is 10.6. The zero-order valence-electron chi connectivity index (χ0n) is 20.5. The number of carbonyl (C=O) groups is 1. The van der Waals surface area contributed by atoms with E-state index < -0.39 is 17.7 Å². The van der Waals surface area contributed by atoms with Gasteiger partial charge in [0.25, 0.3) is 5.91 Å². The summed E-state index contributed by atoms with van der Waals surface area (Å²) in [5.74, 6) is -0.496. The van der Waals surface area contributed by atoms with Crippen LogP contribution in [-0.4, -0.2) is 68.2 Å². The first-order chi connectivity index (χ1) is 17.2. The van der Waals surface area contributed by atoms with Gasteiger partial charge < -0.3 is 20.5 Å². The molecule has 0 saturated heterocycles. The van der Waals surface area contributed by atoms with Gasteiger partial charge in [0.1, 0.15) is 17.9 Å². The Kier molecular flexibility index (Phi) is 7.47. The van der Waals surface area contributed by atoms with E-state index in [0.717, 1.165) is 25.7 Å². The van der Waals surface area contributed by atoms with E-state index in [1.165, 1.54) is 26.2 Å². The van der Waals surface area contributed by atoms with Gasteiger partial charge in [0, 0.05) is 25.4 Å². The molecule has 3 aromatic heterocycles. The van der Waals surface area contributed by atoms with Crippen LogP contribution in [0, 0.1) is 11.3 Å². The molecule has 3 heterocycles. The van der Waals surface area contributed by atoms with Crippen molar-refractivity contribution in [3.05, 3.63) is 41.9 Å². The van der Waals surface area contributed by atoms with E-state index in [2.05, 4.69) is 25.7 Å². The number of alkyl halides is 1. The molecule has 3 N–H and O–H groups in total. The molecule has 1 fully saturated rings. The Balaban J connectivity index is 1.64. The highest BCUT2D eigenvalue weighted by atomic mass is 19.1. The number of fused-ring (bicyclic) bond motifs is 1. The fourth-order valence-electron chi connectivity index (χ4n) is 4.20. The van der Waals surface area contributed by atoms with Gasteiger partial charge in [0.05, 0.1) is 53.2 Å². The lowest BCUT2D eigenvalue weighted by atomic mass is 9.92. The van der Waals surface area contributed by atoms with Gasteiger partial charge in [0.15, 0.2) is 5.65 Å². The Morgan fingerprint density at radius 1 is 1.28 bits per heavy atom. The highest BCUT2D eigenvalue weighted by molar-refractivity contribution is 6.00. The number of methoxy groups -OCH3 is 1. The van der Waals surface area contributed by atoms with E-state index in [4.69, 9.17) is 10.00 Å². The van der Waals surface area contributed by atoms with Crippen LogP contribution in [0.15, 0.2) is 30.7 Å². The maximum atomic E-state index is 14.2. The topological polar surface area (TPSA) is 137 Å². The van der Waals surface area contributed by atoms with Crippen molar-refractivity contribution < 1.29 is 19.0 Å². The van der Waals surface area contributed by atoms with E-state index in [0.29, 0.717) is 28.3 Å². The van der Waals surface area contributed by atoms with Gasteiger partial charge in [-0.2, -0.15) is 10.4 Å². The van der Waals surface area contributed by atoms with Gasteiger partial charge in [0.2, 0.25) is 0 Å². The minimum absolute atomic E-state index is 0.127. The van der Waals surface area contributed by atoms with Gasteiger partial charge in [-0.1, -0.05) is 0 Å². The van der Waals surface area contributed by atoms with Crippen LogP contribution < -0.4 is 10.6 Å². The lowest BCUT2D eigenvalue weighted by molar-refractivity contribution is -0.00177. The fraction of sp³-hybridized carbons (Fsp3) is 0.480. The molecule has 4 rings (SSSR count). The molecule has 1 aliphatic rings. The van der Waals surface area contributed by atoms with Crippen molar-refractivity contribution in [2.75, 3.05) is 19.0 Å². The number of imidazole rings is 1. The SMILES string of the molecule is CO[C@H]1CC[C@H](Nc2cc(-c3cnc4cc(C#N)cnn34)ncc2C(=O)NC[C@@H](F)C(C)(C)O)CC1. The Labute approximate surface area is 208 Å². The summed E-state index contributed by atoms with van der Waals surface area (Å²) in [5, 5.41) is 29.3. The van der Waals surface area contributed by atoms with Crippen molar-refractivity contribution in [1.82, 2.24) is 24.9 Å². The quantitative estimate of drug-likeness (QED) is 0.434. The minimum Gasteiger partial charge on any atom is -0.387 e. The average molecular weight is 496 g/mol. The monoisotopic (exact) mass is 495 g/mol. The number of aliphatic hydroxyl groups is 1. The van der Waals surface area contributed by atoms with E-state index in [1.807, 2.05) is 6.07 Å². The lowest BCUT2D eigenvalue weighted by Crippen LogP contribution is -2.42. The smallest absolute Gasteiger partial charge is 0.255 e.